The molecule has 0 spiro atoms. The van der Waals surface area contributed by atoms with Gasteiger partial charge in [0.1, 0.15) is 0 Å². The maximum Gasteiger partial charge on any atom is -0.0106 e. The highest BCUT2D eigenvalue weighted by atomic mass is 31.0. The van der Waals surface area contributed by atoms with Crippen LogP contribution in [0.5, 0.6) is 0 Å². The van der Waals surface area contributed by atoms with Gasteiger partial charge < -0.3 is 0 Å². The molecule has 0 N–H and O–H groups in total. The van der Waals surface area contributed by atoms with E-state index in [0.29, 0.717) is 0 Å². The summed E-state index contributed by atoms with van der Waals surface area (Å²) >= 11 is 0. The molecule has 0 amide bonds. The molecule has 0 aliphatic rings. The molecule has 0 fully saturated rings. The lowest BCUT2D eigenvalue weighted by atomic mass is 10.0. The van der Waals surface area contributed by atoms with E-state index in [1.54, 1.807) is 0 Å². The molecule has 3 aromatic rings. The highest BCUT2D eigenvalue weighted by molar-refractivity contribution is 7.28. The van der Waals surface area contributed by atoms with Gasteiger partial charge in [0.25, 0.3) is 0 Å². The Kier molecular flexibility index (Phi) is 2.43. The molecular weight excluding hydrogens is 230 g/mol. The third-order valence-electron chi connectivity index (χ3n) is 2.95. The normalized spacial score (nSPS) is 11.1. The standard InChI is InChI=1S/C14H12P2/c15-13-5-1-3-9-7-10-4-2-6-14(16)12(10)8-11(9)13/h1-8H,15-16H2. The molecule has 2 atom stereocenters. The third kappa shape index (κ3) is 1.54. The van der Waals surface area contributed by atoms with E-state index < -0.39 is 0 Å². The Morgan fingerprint density at radius 2 is 1.12 bits per heavy atom. The topological polar surface area (TPSA) is 0 Å². The molecule has 2 unspecified atom stereocenters. The SMILES string of the molecule is Pc1cccc2cc3cccc(P)c3cc12. The van der Waals surface area contributed by atoms with Gasteiger partial charge in [-0.2, -0.15) is 0 Å². The van der Waals surface area contributed by atoms with E-state index >= 15 is 0 Å². The van der Waals surface area contributed by atoms with E-state index in [1.807, 2.05) is 0 Å². The summed E-state index contributed by atoms with van der Waals surface area (Å²) in [5.74, 6) is 0. The van der Waals surface area contributed by atoms with Crippen LogP contribution in [0.3, 0.4) is 0 Å². The number of hydrogen-bond acceptors (Lipinski definition) is 0. The quantitative estimate of drug-likeness (QED) is 0.420. The van der Waals surface area contributed by atoms with Gasteiger partial charge >= 0.3 is 0 Å². The summed E-state index contributed by atoms with van der Waals surface area (Å²) in [7, 11) is 5.61. The smallest absolute Gasteiger partial charge is 0.0106 e. The zero-order valence-corrected chi connectivity index (χ0v) is 11.1. The van der Waals surface area contributed by atoms with Crippen LogP contribution in [0.15, 0.2) is 48.5 Å². The molecule has 0 saturated carbocycles. The molecule has 0 aliphatic carbocycles. The molecule has 3 aromatic carbocycles. The van der Waals surface area contributed by atoms with E-state index in [2.05, 4.69) is 67.0 Å². The largest absolute Gasteiger partial charge is 0.105 e. The van der Waals surface area contributed by atoms with Crippen LogP contribution in [0.25, 0.3) is 21.5 Å². The summed E-state index contributed by atoms with van der Waals surface area (Å²) in [4.78, 5) is 0. The van der Waals surface area contributed by atoms with Gasteiger partial charge in [-0.3, -0.25) is 0 Å². The van der Waals surface area contributed by atoms with Crippen molar-refractivity contribution in [2.24, 2.45) is 0 Å². The van der Waals surface area contributed by atoms with Crippen LogP contribution in [-0.4, -0.2) is 0 Å². The summed E-state index contributed by atoms with van der Waals surface area (Å²) in [6.45, 7) is 0. The second-order valence-electron chi connectivity index (χ2n) is 3.99. The van der Waals surface area contributed by atoms with Gasteiger partial charge in [0.15, 0.2) is 0 Å². The Morgan fingerprint density at radius 3 is 1.62 bits per heavy atom. The minimum Gasteiger partial charge on any atom is -0.105 e. The van der Waals surface area contributed by atoms with Gasteiger partial charge in [-0.1, -0.05) is 36.4 Å². The Bertz CT molecular complexity index is 630. The molecule has 2 heteroatoms. The lowest BCUT2D eigenvalue weighted by molar-refractivity contribution is 1.82. The van der Waals surface area contributed by atoms with Crippen LogP contribution in [-0.2, 0) is 0 Å². The molecule has 3 rings (SSSR count). The zero-order chi connectivity index (χ0) is 11.1. The lowest BCUT2D eigenvalue weighted by Crippen LogP contribution is -1.96. The van der Waals surface area contributed by atoms with E-state index in [4.69, 9.17) is 0 Å². The first-order valence-corrected chi connectivity index (χ1v) is 6.37. The summed E-state index contributed by atoms with van der Waals surface area (Å²) in [6.07, 6.45) is 0. The van der Waals surface area contributed by atoms with Gasteiger partial charge in [0, 0.05) is 0 Å². The second kappa shape index (κ2) is 3.81. The first kappa shape index (κ1) is 10.2. The van der Waals surface area contributed by atoms with Crippen molar-refractivity contribution in [1.82, 2.24) is 0 Å². The van der Waals surface area contributed by atoms with Crippen molar-refractivity contribution in [1.29, 1.82) is 0 Å². The van der Waals surface area contributed by atoms with Crippen LogP contribution in [0.1, 0.15) is 0 Å². The molecule has 16 heavy (non-hydrogen) atoms. The van der Waals surface area contributed by atoms with Crippen LogP contribution < -0.4 is 10.6 Å². The molecule has 0 heterocycles. The third-order valence-corrected chi connectivity index (χ3v) is 3.95. The van der Waals surface area contributed by atoms with Crippen LogP contribution in [0.2, 0.25) is 0 Å². The second-order valence-corrected chi connectivity index (χ2v) is 5.23. The Labute approximate surface area is 99.5 Å². The minimum atomic E-state index is 1.26. The zero-order valence-electron chi connectivity index (χ0n) is 8.77. The van der Waals surface area contributed by atoms with Crippen molar-refractivity contribution >= 4 is 50.6 Å². The fourth-order valence-corrected chi connectivity index (χ4v) is 2.82. The summed E-state index contributed by atoms with van der Waals surface area (Å²) in [5, 5.41) is 7.75. The highest BCUT2D eigenvalue weighted by Crippen LogP contribution is 2.22. The predicted molar refractivity (Wildman–Crippen MR) is 80.1 cm³/mol. The fraction of sp³-hybridized carbons (Fsp3) is 0. The monoisotopic (exact) mass is 242 g/mol. The van der Waals surface area contributed by atoms with Gasteiger partial charge in [-0.05, 0) is 44.3 Å². The molecule has 0 saturated heterocycles. The van der Waals surface area contributed by atoms with Crippen molar-refractivity contribution in [2.75, 3.05) is 0 Å². The predicted octanol–water partition coefficient (Wildman–Crippen LogP) is 2.99. The number of rotatable bonds is 0. The Hall–Kier alpha value is -0.960. The lowest BCUT2D eigenvalue weighted by Gasteiger charge is -2.06. The Balaban J connectivity index is 2.55. The van der Waals surface area contributed by atoms with Gasteiger partial charge in [0.2, 0.25) is 0 Å². The van der Waals surface area contributed by atoms with Crippen LogP contribution in [0, 0.1) is 0 Å². The van der Waals surface area contributed by atoms with Crippen LogP contribution >= 0.6 is 18.5 Å². The average molecular weight is 242 g/mol. The van der Waals surface area contributed by atoms with Crippen molar-refractivity contribution < 1.29 is 0 Å². The molecule has 78 valence electrons. The van der Waals surface area contributed by atoms with Gasteiger partial charge in [-0.15, -0.1) is 18.5 Å². The van der Waals surface area contributed by atoms with E-state index in [1.165, 1.54) is 32.2 Å². The molecular formula is C14H12P2. The molecule has 0 nitrogen and oxygen atoms in total. The van der Waals surface area contributed by atoms with E-state index in [0.717, 1.165) is 0 Å². The van der Waals surface area contributed by atoms with Crippen molar-refractivity contribution in [2.45, 2.75) is 0 Å². The molecule has 0 aromatic heterocycles. The van der Waals surface area contributed by atoms with Gasteiger partial charge in [-0.25, -0.2) is 0 Å². The van der Waals surface area contributed by atoms with Crippen LogP contribution in [0.4, 0.5) is 0 Å². The summed E-state index contributed by atoms with van der Waals surface area (Å²) in [6, 6.07) is 17.3. The first-order chi connectivity index (χ1) is 7.75. The summed E-state index contributed by atoms with van der Waals surface area (Å²) < 4.78 is 0. The molecule has 0 radical (unpaired) electrons. The Morgan fingerprint density at radius 1 is 0.625 bits per heavy atom. The summed E-state index contributed by atoms with van der Waals surface area (Å²) in [5.41, 5.74) is 0. The average Bonchev–Trinajstić information content (AvgIpc) is 2.28. The molecule has 0 aliphatic heterocycles. The number of hydrogen-bond donors (Lipinski definition) is 0. The fourth-order valence-electron chi connectivity index (χ4n) is 2.10. The molecule has 0 bridgehead atoms. The van der Waals surface area contributed by atoms with E-state index in [9.17, 15) is 0 Å². The van der Waals surface area contributed by atoms with Crippen molar-refractivity contribution in [3.05, 3.63) is 48.5 Å². The van der Waals surface area contributed by atoms with Crippen molar-refractivity contribution in [3.63, 3.8) is 0 Å². The van der Waals surface area contributed by atoms with Crippen molar-refractivity contribution in [3.8, 4) is 0 Å². The maximum atomic E-state index is 2.80. The number of fused-ring (bicyclic) bond motifs is 2. The minimum absolute atomic E-state index is 1.26. The number of benzene rings is 3. The maximum absolute atomic E-state index is 2.80. The van der Waals surface area contributed by atoms with E-state index in [-0.39, 0.29) is 0 Å². The highest BCUT2D eigenvalue weighted by Gasteiger charge is 2.01. The van der Waals surface area contributed by atoms with Gasteiger partial charge in [0.05, 0.1) is 0 Å². The first-order valence-electron chi connectivity index (χ1n) is 5.22.